The number of halogens is 1. The van der Waals surface area contributed by atoms with Crippen LogP contribution in [0.15, 0.2) is 42.6 Å². The van der Waals surface area contributed by atoms with Gasteiger partial charge in [0.05, 0.1) is 29.4 Å². The molecule has 0 amide bonds. The zero-order chi connectivity index (χ0) is 20.3. The number of carbonyl (C=O) groups is 1. The predicted molar refractivity (Wildman–Crippen MR) is 118 cm³/mol. The van der Waals surface area contributed by atoms with Crippen molar-refractivity contribution >= 4 is 39.6 Å². The summed E-state index contributed by atoms with van der Waals surface area (Å²) in [6.45, 7) is 7.04. The van der Waals surface area contributed by atoms with Gasteiger partial charge in [0.15, 0.2) is 0 Å². The molecule has 3 rings (SSSR count). The molecule has 0 bridgehead atoms. The lowest BCUT2D eigenvalue weighted by Gasteiger charge is -2.22. The van der Waals surface area contributed by atoms with E-state index in [0.717, 1.165) is 25.9 Å². The van der Waals surface area contributed by atoms with E-state index in [1.807, 2.05) is 38.1 Å². The highest BCUT2D eigenvalue weighted by Gasteiger charge is 2.32. The fraction of sp³-hybridized carbons (Fsp3) is 0.364. The Morgan fingerprint density at radius 1 is 1.29 bits per heavy atom. The fourth-order valence-electron chi connectivity index (χ4n) is 3.27. The number of carbonyl (C=O) groups excluding carboxylic acids is 1. The zero-order valence-electron chi connectivity index (χ0n) is 16.6. The Kier molecular flexibility index (Phi) is 6.40. The molecule has 1 atom stereocenters. The average molecular weight is 492 g/mol. The molecule has 3 aromatic rings. The van der Waals surface area contributed by atoms with E-state index in [0.29, 0.717) is 13.2 Å². The summed E-state index contributed by atoms with van der Waals surface area (Å²) in [5, 5.41) is 1.02. The smallest absolute Gasteiger partial charge is 0.315 e. The van der Waals surface area contributed by atoms with Gasteiger partial charge in [-0.25, -0.2) is 4.98 Å². The molecule has 2 aromatic heterocycles. The molecule has 0 fully saturated rings. The summed E-state index contributed by atoms with van der Waals surface area (Å²) in [6, 6.07) is 12.2. The molecule has 0 saturated carbocycles. The van der Waals surface area contributed by atoms with Gasteiger partial charge in [-0.15, -0.1) is 0 Å². The van der Waals surface area contributed by atoms with E-state index in [1.165, 1.54) is 12.7 Å². The number of nitrogens with one attached hydrogen (secondary N) is 1. The van der Waals surface area contributed by atoms with E-state index in [4.69, 9.17) is 9.47 Å². The number of H-pyrrole nitrogens is 1. The van der Waals surface area contributed by atoms with Crippen molar-refractivity contribution in [1.29, 1.82) is 0 Å². The standard InChI is InChI=1S/C22H25IN2O3/c1-14(12-28-13-15-8-6-5-7-9-15)18-17-10-16(22(2,3)21(26)27-4)11-24-20(17)25-19(18)23/h5-11,14H,12-13H2,1-4H3,(H,24,25). The summed E-state index contributed by atoms with van der Waals surface area (Å²) >= 11 is 2.30. The highest BCUT2D eigenvalue weighted by atomic mass is 127. The SMILES string of the molecule is COC(=O)C(C)(C)c1cnc2[nH]c(I)c(C(C)COCc3ccccc3)c2c1. The Bertz CT molecular complexity index is 967. The van der Waals surface area contributed by atoms with Crippen LogP contribution in [0.2, 0.25) is 0 Å². The lowest BCUT2D eigenvalue weighted by molar-refractivity contribution is -0.146. The number of aromatic nitrogens is 2. The molecule has 0 aliphatic carbocycles. The van der Waals surface area contributed by atoms with Gasteiger partial charge in [-0.05, 0) is 59.2 Å². The largest absolute Gasteiger partial charge is 0.468 e. The molecule has 6 heteroatoms. The molecule has 0 radical (unpaired) electrons. The Morgan fingerprint density at radius 3 is 2.68 bits per heavy atom. The van der Waals surface area contributed by atoms with Crippen LogP contribution in [0.4, 0.5) is 0 Å². The van der Waals surface area contributed by atoms with Gasteiger partial charge in [-0.2, -0.15) is 0 Å². The number of rotatable bonds is 7. The number of ether oxygens (including phenoxy) is 2. The Balaban J connectivity index is 1.84. The van der Waals surface area contributed by atoms with E-state index in [9.17, 15) is 4.79 Å². The number of aromatic amines is 1. The third kappa shape index (κ3) is 4.22. The second-order valence-electron chi connectivity index (χ2n) is 7.49. The van der Waals surface area contributed by atoms with Crippen LogP contribution in [0.5, 0.6) is 0 Å². The monoisotopic (exact) mass is 492 g/mol. The first-order valence-corrected chi connectivity index (χ1v) is 10.3. The summed E-state index contributed by atoms with van der Waals surface area (Å²) in [5.74, 6) is -0.0951. The normalized spacial score (nSPS) is 12.9. The van der Waals surface area contributed by atoms with Crippen LogP contribution in [0.3, 0.4) is 0 Å². The van der Waals surface area contributed by atoms with E-state index < -0.39 is 5.41 Å². The first-order valence-electron chi connectivity index (χ1n) is 9.22. The molecule has 1 unspecified atom stereocenters. The zero-order valence-corrected chi connectivity index (χ0v) is 18.7. The number of nitrogens with zero attached hydrogens (tertiary/aromatic N) is 1. The van der Waals surface area contributed by atoms with Crippen molar-refractivity contribution in [3.05, 3.63) is 63.0 Å². The minimum Gasteiger partial charge on any atom is -0.468 e. The third-order valence-corrected chi connectivity index (χ3v) is 5.88. The van der Waals surface area contributed by atoms with Gasteiger partial charge in [0.25, 0.3) is 0 Å². The van der Waals surface area contributed by atoms with Crippen LogP contribution < -0.4 is 0 Å². The molecule has 28 heavy (non-hydrogen) atoms. The quantitative estimate of drug-likeness (QED) is 0.375. The number of hydrogen-bond donors (Lipinski definition) is 1. The first-order chi connectivity index (χ1) is 13.3. The molecule has 0 spiro atoms. The van der Waals surface area contributed by atoms with Crippen molar-refractivity contribution in [3.63, 3.8) is 0 Å². The molecule has 0 aliphatic heterocycles. The van der Waals surface area contributed by atoms with Gasteiger partial charge >= 0.3 is 5.97 Å². The van der Waals surface area contributed by atoms with Crippen LogP contribution >= 0.6 is 22.6 Å². The van der Waals surface area contributed by atoms with Crippen LogP contribution in [0.25, 0.3) is 11.0 Å². The number of pyridine rings is 1. The molecule has 0 aliphatic rings. The molecule has 0 saturated heterocycles. The molecular formula is C22H25IN2O3. The lowest BCUT2D eigenvalue weighted by atomic mass is 9.85. The number of methoxy groups -OCH3 is 1. The van der Waals surface area contributed by atoms with Gasteiger partial charge in [0, 0.05) is 17.5 Å². The summed E-state index contributed by atoms with van der Waals surface area (Å²) in [5.41, 5.74) is 3.22. The summed E-state index contributed by atoms with van der Waals surface area (Å²) in [4.78, 5) is 20.1. The van der Waals surface area contributed by atoms with E-state index in [2.05, 4.69) is 51.6 Å². The van der Waals surface area contributed by atoms with Crippen LogP contribution in [0.1, 0.15) is 43.4 Å². The minimum absolute atomic E-state index is 0.183. The van der Waals surface area contributed by atoms with Crippen LogP contribution in [-0.2, 0) is 26.3 Å². The number of benzene rings is 1. The van der Waals surface area contributed by atoms with Crippen molar-refractivity contribution in [2.45, 2.75) is 38.7 Å². The highest BCUT2D eigenvalue weighted by Crippen LogP contribution is 2.33. The molecule has 1 N–H and O–H groups in total. The van der Waals surface area contributed by atoms with Crippen molar-refractivity contribution in [3.8, 4) is 0 Å². The van der Waals surface area contributed by atoms with Crippen molar-refractivity contribution in [2.24, 2.45) is 0 Å². The van der Waals surface area contributed by atoms with E-state index in [-0.39, 0.29) is 11.9 Å². The topological polar surface area (TPSA) is 64.2 Å². The maximum absolute atomic E-state index is 12.2. The average Bonchev–Trinajstić information content (AvgIpc) is 3.02. The Hall–Kier alpha value is -1.93. The van der Waals surface area contributed by atoms with Crippen molar-refractivity contribution < 1.29 is 14.3 Å². The number of esters is 1. The third-order valence-electron chi connectivity index (χ3n) is 5.03. The van der Waals surface area contributed by atoms with Crippen molar-refractivity contribution in [2.75, 3.05) is 13.7 Å². The van der Waals surface area contributed by atoms with Crippen LogP contribution in [-0.4, -0.2) is 29.7 Å². The van der Waals surface area contributed by atoms with Gasteiger partial charge in [0.2, 0.25) is 0 Å². The number of fused-ring (bicyclic) bond motifs is 1. The van der Waals surface area contributed by atoms with E-state index in [1.54, 1.807) is 6.20 Å². The predicted octanol–water partition coefficient (Wildman–Crippen LogP) is 4.94. The molecule has 148 valence electrons. The van der Waals surface area contributed by atoms with Crippen LogP contribution in [0, 0.1) is 3.70 Å². The first kappa shape index (κ1) is 20.8. The maximum atomic E-state index is 12.2. The Morgan fingerprint density at radius 2 is 2.00 bits per heavy atom. The van der Waals surface area contributed by atoms with Gasteiger partial charge in [0.1, 0.15) is 5.65 Å². The summed E-state index contributed by atoms with van der Waals surface area (Å²) in [7, 11) is 1.41. The van der Waals surface area contributed by atoms with Gasteiger partial charge < -0.3 is 14.5 Å². The van der Waals surface area contributed by atoms with Gasteiger partial charge in [-0.1, -0.05) is 37.3 Å². The Labute approximate surface area is 179 Å². The lowest BCUT2D eigenvalue weighted by Crippen LogP contribution is -2.30. The van der Waals surface area contributed by atoms with Crippen molar-refractivity contribution in [1.82, 2.24) is 9.97 Å². The number of hydrogen-bond acceptors (Lipinski definition) is 4. The molecule has 1 aromatic carbocycles. The second-order valence-corrected chi connectivity index (χ2v) is 8.57. The maximum Gasteiger partial charge on any atom is 0.315 e. The molecule has 5 nitrogen and oxygen atoms in total. The second kappa shape index (κ2) is 8.61. The highest BCUT2D eigenvalue weighted by molar-refractivity contribution is 14.1. The summed E-state index contributed by atoms with van der Waals surface area (Å²) in [6.07, 6.45) is 1.74. The fourth-order valence-corrected chi connectivity index (χ4v) is 4.34. The summed E-state index contributed by atoms with van der Waals surface area (Å²) < 4.78 is 12.0. The van der Waals surface area contributed by atoms with E-state index >= 15 is 0 Å². The molecule has 2 heterocycles. The minimum atomic E-state index is -0.761. The molecular weight excluding hydrogens is 467 g/mol. The van der Waals surface area contributed by atoms with Gasteiger partial charge in [-0.3, -0.25) is 4.79 Å².